The molecule has 18 heavy (non-hydrogen) atoms. The van der Waals surface area contributed by atoms with Gasteiger partial charge in [-0.1, -0.05) is 24.3 Å². The zero-order chi connectivity index (χ0) is 13.2. The highest BCUT2D eigenvalue weighted by atomic mass is 19.4. The van der Waals surface area contributed by atoms with Crippen LogP contribution in [0.2, 0.25) is 0 Å². The number of halogens is 3. The van der Waals surface area contributed by atoms with Crippen molar-refractivity contribution in [2.24, 2.45) is 0 Å². The number of aromatic nitrogens is 1. The van der Waals surface area contributed by atoms with Crippen LogP contribution in [-0.4, -0.2) is 11.3 Å². The number of para-hydroxylation sites is 1. The van der Waals surface area contributed by atoms with Gasteiger partial charge < -0.3 is 4.74 Å². The van der Waals surface area contributed by atoms with Crippen LogP contribution in [0.5, 0.6) is 5.75 Å². The van der Waals surface area contributed by atoms with Crippen molar-refractivity contribution in [1.82, 2.24) is 4.98 Å². The van der Waals surface area contributed by atoms with Crippen molar-refractivity contribution in [3.8, 4) is 16.9 Å². The Kier molecular flexibility index (Phi) is 3.23. The Labute approximate surface area is 102 Å². The van der Waals surface area contributed by atoms with Gasteiger partial charge in [-0.15, -0.1) is 13.2 Å². The third-order valence-corrected chi connectivity index (χ3v) is 2.26. The third-order valence-electron chi connectivity index (χ3n) is 2.26. The minimum Gasteiger partial charge on any atom is -0.404 e. The number of hydrogen-bond acceptors (Lipinski definition) is 2. The van der Waals surface area contributed by atoms with Crippen LogP contribution in [0.4, 0.5) is 13.2 Å². The van der Waals surface area contributed by atoms with E-state index in [0.717, 1.165) is 5.69 Å². The molecule has 2 aromatic rings. The molecule has 1 heterocycles. The summed E-state index contributed by atoms with van der Waals surface area (Å²) in [7, 11) is 0. The zero-order valence-corrected chi connectivity index (χ0v) is 9.45. The number of alkyl halides is 3. The van der Waals surface area contributed by atoms with E-state index in [1.165, 1.54) is 18.3 Å². The van der Waals surface area contributed by atoms with Gasteiger partial charge in [-0.3, -0.25) is 4.98 Å². The van der Waals surface area contributed by atoms with Gasteiger partial charge in [-0.05, 0) is 13.0 Å². The molecule has 5 heteroatoms. The molecule has 0 fully saturated rings. The van der Waals surface area contributed by atoms with E-state index in [-0.39, 0.29) is 5.75 Å². The maximum Gasteiger partial charge on any atom is 0.573 e. The fraction of sp³-hybridized carbons (Fsp3) is 0.154. The van der Waals surface area contributed by atoms with Crippen LogP contribution in [0.15, 0.2) is 36.5 Å². The van der Waals surface area contributed by atoms with Crippen molar-refractivity contribution in [2.75, 3.05) is 0 Å². The molecule has 1 aromatic heterocycles. The minimum atomic E-state index is -4.73. The fourth-order valence-corrected chi connectivity index (χ4v) is 1.48. The van der Waals surface area contributed by atoms with Gasteiger partial charge in [0.1, 0.15) is 5.75 Å². The van der Waals surface area contributed by atoms with Gasteiger partial charge >= 0.3 is 6.36 Å². The molecule has 0 aliphatic rings. The van der Waals surface area contributed by atoms with E-state index < -0.39 is 6.36 Å². The highest BCUT2D eigenvalue weighted by molar-refractivity contribution is 5.69. The number of benzene rings is 1. The predicted molar refractivity (Wildman–Crippen MR) is 59.9 cm³/mol. The van der Waals surface area contributed by atoms with Crippen molar-refractivity contribution in [3.63, 3.8) is 0 Å². The summed E-state index contributed by atoms with van der Waals surface area (Å²) in [6.07, 6.45) is -3.23. The van der Waals surface area contributed by atoms with Crippen LogP contribution in [0.3, 0.4) is 0 Å². The zero-order valence-electron chi connectivity index (χ0n) is 9.45. The summed E-state index contributed by atoms with van der Waals surface area (Å²) in [5.41, 5.74) is 1.65. The maximum atomic E-state index is 12.2. The number of nitrogens with zero attached hydrogens (tertiary/aromatic N) is 1. The molecular weight excluding hydrogens is 243 g/mol. The van der Waals surface area contributed by atoms with Crippen molar-refractivity contribution in [1.29, 1.82) is 0 Å². The van der Waals surface area contributed by atoms with E-state index >= 15 is 0 Å². The molecule has 0 amide bonds. The van der Waals surface area contributed by atoms with E-state index in [1.54, 1.807) is 25.1 Å². The lowest BCUT2D eigenvalue weighted by molar-refractivity contribution is -0.274. The van der Waals surface area contributed by atoms with E-state index in [2.05, 4.69) is 15.8 Å². The Morgan fingerprint density at radius 3 is 2.61 bits per heavy atom. The summed E-state index contributed by atoms with van der Waals surface area (Å²) < 4.78 is 40.7. The molecule has 0 saturated heterocycles. The van der Waals surface area contributed by atoms with Crippen molar-refractivity contribution < 1.29 is 17.9 Å². The summed E-state index contributed by atoms with van der Waals surface area (Å²) >= 11 is 0. The van der Waals surface area contributed by atoms with Crippen molar-refractivity contribution in [2.45, 2.75) is 13.3 Å². The first kappa shape index (κ1) is 12.4. The van der Waals surface area contributed by atoms with Crippen LogP contribution < -0.4 is 4.74 Å². The molecule has 0 spiro atoms. The molecule has 0 aliphatic heterocycles. The standard InChI is InChI=1S/C13H9F3NO/c1-9-6-7-10(8-17-9)11-4-2-3-5-12(11)18-13(14,15)16/h2-4,6-8H,1H3. The van der Waals surface area contributed by atoms with Gasteiger partial charge in [0, 0.05) is 29.1 Å². The highest BCUT2D eigenvalue weighted by Gasteiger charge is 2.32. The second-order valence-electron chi connectivity index (χ2n) is 3.65. The van der Waals surface area contributed by atoms with Gasteiger partial charge in [-0.2, -0.15) is 0 Å². The van der Waals surface area contributed by atoms with E-state index in [0.29, 0.717) is 11.1 Å². The molecular formula is C13H9F3NO. The molecule has 0 bridgehead atoms. The van der Waals surface area contributed by atoms with Gasteiger partial charge in [0.2, 0.25) is 0 Å². The average molecular weight is 252 g/mol. The van der Waals surface area contributed by atoms with Crippen molar-refractivity contribution in [3.05, 3.63) is 48.3 Å². The van der Waals surface area contributed by atoms with Crippen molar-refractivity contribution >= 4 is 0 Å². The summed E-state index contributed by atoms with van der Waals surface area (Å²) in [5, 5.41) is 0. The lowest BCUT2D eigenvalue weighted by Crippen LogP contribution is -2.17. The largest absolute Gasteiger partial charge is 0.573 e. The second kappa shape index (κ2) is 4.68. The molecule has 0 aliphatic carbocycles. The predicted octanol–water partition coefficient (Wildman–Crippen LogP) is 3.76. The maximum absolute atomic E-state index is 12.2. The topological polar surface area (TPSA) is 22.1 Å². The monoisotopic (exact) mass is 252 g/mol. The van der Waals surface area contributed by atoms with Gasteiger partial charge in [-0.25, -0.2) is 0 Å². The van der Waals surface area contributed by atoms with Crippen LogP contribution in [-0.2, 0) is 0 Å². The van der Waals surface area contributed by atoms with Crippen LogP contribution in [0.1, 0.15) is 5.69 Å². The van der Waals surface area contributed by atoms with Crippen LogP contribution in [0, 0.1) is 13.0 Å². The smallest absolute Gasteiger partial charge is 0.404 e. The lowest BCUT2D eigenvalue weighted by atomic mass is 10.1. The minimum absolute atomic E-state index is 0.308. The molecule has 0 saturated carbocycles. The quantitative estimate of drug-likeness (QED) is 0.811. The molecule has 2 nitrogen and oxygen atoms in total. The Hall–Kier alpha value is -2.04. The molecule has 1 radical (unpaired) electrons. The van der Waals surface area contributed by atoms with Gasteiger partial charge in [0.05, 0.1) is 0 Å². The molecule has 0 atom stereocenters. The first-order valence-electron chi connectivity index (χ1n) is 5.15. The van der Waals surface area contributed by atoms with E-state index in [1.807, 2.05) is 0 Å². The number of pyridine rings is 1. The van der Waals surface area contributed by atoms with Gasteiger partial charge in [0.15, 0.2) is 0 Å². The summed E-state index contributed by atoms with van der Waals surface area (Å²) in [6, 6.07) is 10.3. The Balaban J connectivity index is 2.41. The molecule has 0 N–H and O–H groups in total. The van der Waals surface area contributed by atoms with E-state index in [4.69, 9.17) is 0 Å². The molecule has 1 aromatic carbocycles. The number of hydrogen-bond donors (Lipinski definition) is 0. The van der Waals surface area contributed by atoms with Crippen LogP contribution in [0.25, 0.3) is 11.1 Å². The summed E-state index contributed by atoms with van der Waals surface area (Å²) in [5.74, 6) is -0.351. The highest BCUT2D eigenvalue weighted by Crippen LogP contribution is 2.32. The Morgan fingerprint density at radius 2 is 2.00 bits per heavy atom. The normalized spacial score (nSPS) is 11.3. The SMILES string of the molecule is Cc1ccc(-c2ccc[c]c2OC(F)(F)F)cn1. The van der Waals surface area contributed by atoms with Crippen LogP contribution >= 0.6 is 0 Å². The second-order valence-corrected chi connectivity index (χ2v) is 3.65. The third kappa shape index (κ3) is 3.00. The van der Waals surface area contributed by atoms with E-state index in [9.17, 15) is 13.2 Å². The summed E-state index contributed by atoms with van der Waals surface area (Å²) in [6.45, 7) is 1.80. The first-order valence-corrected chi connectivity index (χ1v) is 5.15. The number of aryl methyl sites for hydroxylation is 1. The Morgan fingerprint density at radius 1 is 1.22 bits per heavy atom. The Bertz CT molecular complexity index is 535. The molecule has 93 valence electrons. The first-order chi connectivity index (χ1) is 8.46. The summed E-state index contributed by atoms with van der Waals surface area (Å²) in [4.78, 5) is 4.04. The molecule has 2 rings (SSSR count). The average Bonchev–Trinajstić information content (AvgIpc) is 2.29. The number of rotatable bonds is 2. The van der Waals surface area contributed by atoms with Gasteiger partial charge in [0.25, 0.3) is 0 Å². The number of ether oxygens (including phenoxy) is 1. The lowest BCUT2D eigenvalue weighted by Gasteiger charge is -2.12. The molecule has 0 unspecified atom stereocenters. The fourth-order valence-electron chi connectivity index (χ4n) is 1.48.